The summed E-state index contributed by atoms with van der Waals surface area (Å²) in [6, 6.07) is 12.3. The highest BCUT2D eigenvalue weighted by Gasteiger charge is 2.40. The molecule has 2 aliphatic rings. The highest BCUT2D eigenvalue weighted by molar-refractivity contribution is 7.89. The number of anilines is 1. The van der Waals surface area contributed by atoms with E-state index in [1.165, 1.54) is 24.4 Å². The molecular weight excluding hydrogens is 485 g/mol. The first-order valence-electron chi connectivity index (χ1n) is 12.1. The summed E-state index contributed by atoms with van der Waals surface area (Å²) in [7, 11) is -2.41. The van der Waals surface area contributed by atoms with Gasteiger partial charge in [-0.25, -0.2) is 17.6 Å². The number of benzene rings is 2. The van der Waals surface area contributed by atoms with Crippen molar-refractivity contribution >= 4 is 27.6 Å². The summed E-state index contributed by atoms with van der Waals surface area (Å²) in [6.07, 6.45) is 1.21. The van der Waals surface area contributed by atoms with Gasteiger partial charge in [0.05, 0.1) is 13.7 Å². The van der Waals surface area contributed by atoms with Crippen molar-refractivity contribution in [2.24, 2.45) is 0 Å². The summed E-state index contributed by atoms with van der Waals surface area (Å²) in [5.74, 6) is -1.20. The largest absolute Gasteiger partial charge is 0.467 e. The van der Waals surface area contributed by atoms with Crippen molar-refractivity contribution in [1.82, 2.24) is 9.21 Å². The molecule has 3 atom stereocenters. The van der Waals surface area contributed by atoms with Gasteiger partial charge in [0.1, 0.15) is 17.1 Å². The lowest BCUT2D eigenvalue weighted by atomic mass is 10.0. The zero-order valence-corrected chi connectivity index (χ0v) is 21.6. The van der Waals surface area contributed by atoms with Gasteiger partial charge < -0.3 is 14.5 Å². The Labute approximate surface area is 211 Å². The predicted molar refractivity (Wildman–Crippen MR) is 134 cm³/mol. The molecule has 0 radical (unpaired) electrons. The number of amides is 1. The van der Waals surface area contributed by atoms with Gasteiger partial charge in [0.25, 0.3) is 0 Å². The number of carbonyl (C=O) groups excluding carboxylic acids is 2. The van der Waals surface area contributed by atoms with Crippen LogP contribution in [-0.4, -0.2) is 68.8 Å². The van der Waals surface area contributed by atoms with Crippen LogP contribution < -0.4 is 4.90 Å². The summed E-state index contributed by atoms with van der Waals surface area (Å²) in [5, 5.41) is -0.657. The second kappa shape index (κ2) is 10.6. The molecule has 2 fully saturated rings. The Balaban J connectivity index is 1.59. The van der Waals surface area contributed by atoms with Crippen molar-refractivity contribution in [3.05, 3.63) is 65.5 Å². The first-order valence-corrected chi connectivity index (χ1v) is 13.6. The molecule has 2 saturated heterocycles. The van der Waals surface area contributed by atoms with Crippen LogP contribution in [0, 0.1) is 5.82 Å². The molecule has 2 aliphatic heterocycles. The molecule has 0 aromatic heterocycles. The third-order valence-electron chi connectivity index (χ3n) is 7.20. The quantitative estimate of drug-likeness (QED) is 0.566. The van der Waals surface area contributed by atoms with E-state index in [-0.39, 0.29) is 18.0 Å². The van der Waals surface area contributed by atoms with Gasteiger partial charge in [0.2, 0.25) is 15.9 Å². The van der Waals surface area contributed by atoms with Crippen LogP contribution in [-0.2, 0) is 24.3 Å². The number of hydrogen-bond acceptors (Lipinski definition) is 6. The fourth-order valence-corrected chi connectivity index (χ4v) is 7.43. The van der Waals surface area contributed by atoms with E-state index >= 15 is 4.39 Å². The summed E-state index contributed by atoms with van der Waals surface area (Å²) < 4.78 is 48.8. The highest BCUT2D eigenvalue weighted by Crippen LogP contribution is 2.39. The van der Waals surface area contributed by atoms with Crippen molar-refractivity contribution < 1.29 is 27.1 Å². The molecule has 36 heavy (non-hydrogen) atoms. The molecule has 194 valence electrons. The molecule has 4 rings (SSSR count). The number of piperazine rings is 1. The second-order valence-electron chi connectivity index (χ2n) is 9.28. The topological polar surface area (TPSA) is 87.2 Å². The molecule has 2 aromatic carbocycles. The van der Waals surface area contributed by atoms with E-state index in [0.717, 1.165) is 5.56 Å². The van der Waals surface area contributed by atoms with Crippen LogP contribution in [0.25, 0.3) is 0 Å². The van der Waals surface area contributed by atoms with Gasteiger partial charge in [-0.1, -0.05) is 36.4 Å². The molecular formula is C26H32FN3O5S. The zero-order chi connectivity index (χ0) is 26.0. The molecule has 10 heteroatoms. The van der Waals surface area contributed by atoms with E-state index in [9.17, 15) is 18.0 Å². The van der Waals surface area contributed by atoms with E-state index in [1.807, 2.05) is 30.3 Å². The number of ether oxygens (including phenoxy) is 1. The van der Waals surface area contributed by atoms with Crippen molar-refractivity contribution in [2.75, 3.05) is 38.2 Å². The number of sulfonamides is 1. The van der Waals surface area contributed by atoms with Crippen LogP contribution in [0.2, 0.25) is 0 Å². The molecule has 1 amide bonds. The summed E-state index contributed by atoms with van der Waals surface area (Å²) >= 11 is 0. The molecule has 2 heterocycles. The van der Waals surface area contributed by atoms with E-state index < -0.39 is 39.1 Å². The maximum absolute atomic E-state index is 15.5. The van der Waals surface area contributed by atoms with Gasteiger partial charge in [-0.15, -0.1) is 0 Å². The average molecular weight is 518 g/mol. The minimum atomic E-state index is -3.69. The van der Waals surface area contributed by atoms with E-state index in [0.29, 0.717) is 38.2 Å². The van der Waals surface area contributed by atoms with Crippen LogP contribution in [0.5, 0.6) is 0 Å². The lowest BCUT2D eigenvalue weighted by Gasteiger charge is -2.41. The molecule has 0 bridgehead atoms. The summed E-state index contributed by atoms with van der Waals surface area (Å²) in [5.41, 5.74) is 1.49. The van der Waals surface area contributed by atoms with Crippen molar-refractivity contribution in [3.63, 3.8) is 0 Å². The average Bonchev–Trinajstić information content (AvgIpc) is 2.87. The number of halogens is 1. The Morgan fingerprint density at radius 1 is 1.08 bits per heavy atom. The molecule has 0 N–H and O–H groups in total. The maximum Gasteiger partial charge on any atom is 0.330 e. The molecule has 2 unspecified atom stereocenters. The standard InChI is InChI=1S/C26H32FN3O5S/c1-18(30-13-7-10-25(36(30,33)34)20-8-5-4-6-9-20)22-12-11-21(16-23(22)27)29-15-14-28(19(2)31)17-24(29)26(32)35-3/h4-6,8-9,11-12,16,18,24-25H,7,10,13-15,17H2,1-3H3/t18?,24-,25?/m1/s1. The lowest BCUT2D eigenvalue weighted by molar-refractivity contribution is -0.144. The number of rotatable bonds is 5. The Kier molecular flexibility index (Phi) is 7.65. The van der Waals surface area contributed by atoms with Gasteiger partial charge in [0.15, 0.2) is 0 Å². The Hall–Kier alpha value is -2.98. The monoisotopic (exact) mass is 517 g/mol. The molecule has 0 spiro atoms. The summed E-state index contributed by atoms with van der Waals surface area (Å²) in [6.45, 7) is 4.35. The lowest BCUT2D eigenvalue weighted by Crippen LogP contribution is -2.58. The fraction of sp³-hybridized carbons (Fsp3) is 0.462. The van der Waals surface area contributed by atoms with Gasteiger partial charge >= 0.3 is 5.97 Å². The number of esters is 1. The second-order valence-corrected chi connectivity index (χ2v) is 11.3. The molecule has 0 aliphatic carbocycles. The van der Waals surface area contributed by atoms with E-state index in [4.69, 9.17) is 4.74 Å². The zero-order valence-electron chi connectivity index (χ0n) is 20.8. The van der Waals surface area contributed by atoms with Crippen LogP contribution >= 0.6 is 0 Å². The SMILES string of the molecule is COC(=O)[C@H]1CN(C(C)=O)CCN1c1ccc(C(C)N2CCCC(c3ccccc3)S2(=O)=O)c(F)c1. The first kappa shape index (κ1) is 26.1. The minimum Gasteiger partial charge on any atom is -0.467 e. The van der Waals surface area contributed by atoms with Crippen molar-refractivity contribution in [2.45, 2.75) is 44.0 Å². The third kappa shape index (κ3) is 4.97. The first-order chi connectivity index (χ1) is 17.1. The van der Waals surface area contributed by atoms with Crippen molar-refractivity contribution in [3.8, 4) is 0 Å². The minimum absolute atomic E-state index is 0.143. The molecule has 8 nitrogen and oxygen atoms in total. The van der Waals surface area contributed by atoms with E-state index in [1.54, 1.807) is 28.9 Å². The smallest absolute Gasteiger partial charge is 0.330 e. The van der Waals surface area contributed by atoms with Gasteiger partial charge in [-0.2, -0.15) is 4.31 Å². The number of methoxy groups -OCH3 is 1. The predicted octanol–water partition coefficient (Wildman–Crippen LogP) is 3.26. The van der Waals surface area contributed by atoms with Gasteiger partial charge in [-0.05, 0) is 37.5 Å². The summed E-state index contributed by atoms with van der Waals surface area (Å²) in [4.78, 5) is 27.6. The van der Waals surface area contributed by atoms with Gasteiger partial charge in [0, 0.05) is 43.9 Å². The fourth-order valence-electron chi connectivity index (χ4n) is 5.20. The van der Waals surface area contributed by atoms with Gasteiger partial charge in [-0.3, -0.25) is 4.79 Å². The molecule has 0 saturated carbocycles. The van der Waals surface area contributed by atoms with Crippen LogP contribution in [0.3, 0.4) is 0 Å². The Morgan fingerprint density at radius 2 is 1.81 bits per heavy atom. The van der Waals surface area contributed by atoms with Crippen molar-refractivity contribution in [1.29, 1.82) is 0 Å². The van der Waals surface area contributed by atoms with Crippen LogP contribution in [0.15, 0.2) is 48.5 Å². The third-order valence-corrected chi connectivity index (χ3v) is 9.58. The molecule has 2 aromatic rings. The van der Waals surface area contributed by atoms with E-state index in [2.05, 4.69) is 0 Å². The van der Waals surface area contributed by atoms with Crippen LogP contribution in [0.1, 0.15) is 49.1 Å². The maximum atomic E-state index is 15.5. The Bertz CT molecular complexity index is 1220. The van der Waals surface area contributed by atoms with Crippen LogP contribution in [0.4, 0.5) is 10.1 Å². The number of hydrogen-bond donors (Lipinski definition) is 0. The normalized spacial score (nSPS) is 23.2. The highest BCUT2D eigenvalue weighted by atomic mass is 32.2. The Morgan fingerprint density at radius 3 is 2.44 bits per heavy atom. The number of carbonyl (C=O) groups is 2. The number of nitrogens with zero attached hydrogens (tertiary/aromatic N) is 3.